The number of aliphatic hydroxyl groups excluding tert-OH is 1. The number of aliphatic hydroxyl groups is 1. The van der Waals surface area contributed by atoms with Gasteiger partial charge in [0.15, 0.2) is 5.76 Å². The average molecular weight is 499 g/mol. The molecule has 196 valence electrons. The van der Waals surface area contributed by atoms with E-state index in [0.29, 0.717) is 31.4 Å². The Balaban J connectivity index is 1.27. The zero-order chi connectivity index (χ0) is 24.7. The predicted octanol–water partition coefficient (Wildman–Crippen LogP) is 3.65. The third kappa shape index (κ3) is 5.94. The van der Waals surface area contributed by atoms with Crippen molar-refractivity contribution in [2.24, 2.45) is 0 Å². The number of piperidine rings is 2. The van der Waals surface area contributed by atoms with E-state index in [9.17, 15) is 4.79 Å². The normalized spacial score (nSPS) is 24.0. The third-order valence-corrected chi connectivity index (χ3v) is 7.60. The molecular weight excluding hydrogens is 460 g/mol. The number of furan rings is 1. The molecule has 3 aliphatic heterocycles. The summed E-state index contributed by atoms with van der Waals surface area (Å²) in [6.45, 7) is 4.81. The number of benzene rings is 1. The Hall–Kier alpha value is -2.39. The van der Waals surface area contributed by atoms with Crippen molar-refractivity contribution in [3.8, 4) is 0 Å². The van der Waals surface area contributed by atoms with E-state index in [1.165, 1.54) is 32.4 Å². The second-order valence-corrected chi connectivity index (χ2v) is 9.93. The number of amides is 1. The molecule has 0 spiro atoms. The van der Waals surface area contributed by atoms with Crippen LogP contribution in [0.1, 0.15) is 50.0 Å². The summed E-state index contributed by atoms with van der Waals surface area (Å²) in [6, 6.07) is 8.53. The highest BCUT2D eigenvalue weighted by Crippen LogP contribution is 2.37. The number of rotatable bonds is 9. The summed E-state index contributed by atoms with van der Waals surface area (Å²) >= 11 is 0. The Morgan fingerprint density at radius 1 is 1.03 bits per heavy atom. The van der Waals surface area contributed by atoms with E-state index in [0.717, 1.165) is 42.5 Å². The van der Waals surface area contributed by atoms with Gasteiger partial charge in [-0.15, -0.1) is 0 Å². The molecule has 36 heavy (non-hydrogen) atoms. The van der Waals surface area contributed by atoms with Crippen LogP contribution in [0.4, 0.5) is 0 Å². The van der Waals surface area contributed by atoms with E-state index in [2.05, 4.69) is 4.90 Å². The molecule has 0 saturated carbocycles. The monoisotopic (exact) mass is 498 g/mol. The highest BCUT2D eigenvalue weighted by atomic mass is 16.7. The fourth-order valence-electron chi connectivity index (χ4n) is 5.69. The Labute approximate surface area is 212 Å². The molecule has 8 heteroatoms. The van der Waals surface area contributed by atoms with Gasteiger partial charge in [0.05, 0.1) is 32.7 Å². The first kappa shape index (κ1) is 25.3. The van der Waals surface area contributed by atoms with Crippen molar-refractivity contribution in [3.63, 3.8) is 0 Å². The summed E-state index contributed by atoms with van der Waals surface area (Å²) in [6.07, 6.45) is 9.68. The molecular formula is C28H38N2O6. The number of allylic oxidation sites excluding steroid dienone is 1. The first-order valence-electron chi connectivity index (χ1n) is 13.4. The number of carbonyl (C=O) groups is 1. The number of nitrogens with zero attached hydrogens (tertiary/aromatic N) is 2. The van der Waals surface area contributed by atoms with Gasteiger partial charge in [-0.1, -0.05) is 24.6 Å². The van der Waals surface area contributed by atoms with Crippen molar-refractivity contribution < 1.29 is 28.5 Å². The number of hydrogen-bond acceptors (Lipinski definition) is 7. The number of ether oxygens (including phenoxy) is 3. The van der Waals surface area contributed by atoms with Gasteiger partial charge < -0.3 is 33.5 Å². The molecule has 2 atom stereocenters. The highest BCUT2D eigenvalue weighted by molar-refractivity contribution is 5.92. The smallest absolute Gasteiger partial charge is 0.288 e. The van der Waals surface area contributed by atoms with E-state index in [-0.39, 0.29) is 25.0 Å². The van der Waals surface area contributed by atoms with E-state index >= 15 is 0 Å². The van der Waals surface area contributed by atoms with Gasteiger partial charge in [0.25, 0.3) is 5.91 Å². The topological polar surface area (TPSA) is 84.6 Å². The number of carbonyl (C=O) groups excluding carboxylic acids is 1. The minimum absolute atomic E-state index is 0.0224. The molecule has 0 aliphatic carbocycles. The van der Waals surface area contributed by atoms with Crippen LogP contribution in [0, 0.1) is 0 Å². The van der Waals surface area contributed by atoms with Crippen LogP contribution in [-0.4, -0.2) is 85.8 Å². The molecule has 1 N–H and O–H groups in total. The van der Waals surface area contributed by atoms with E-state index in [1.807, 2.05) is 35.2 Å². The molecule has 3 aliphatic rings. The van der Waals surface area contributed by atoms with Gasteiger partial charge in [0, 0.05) is 42.4 Å². The molecule has 2 aromatic rings. The Morgan fingerprint density at radius 3 is 2.64 bits per heavy atom. The zero-order valence-electron chi connectivity index (χ0n) is 21.0. The first-order valence-corrected chi connectivity index (χ1v) is 13.4. The molecule has 2 saturated heterocycles. The van der Waals surface area contributed by atoms with E-state index in [4.69, 9.17) is 23.7 Å². The minimum atomic E-state index is -0.559. The molecule has 8 nitrogen and oxygen atoms in total. The van der Waals surface area contributed by atoms with Crippen LogP contribution in [0.25, 0.3) is 11.0 Å². The number of para-hydroxylation sites is 1. The molecule has 0 unspecified atom stereocenters. The van der Waals surface area contributed by atoms with Gasteiger partial charge in [-0.05, 0) is 50.9 Å². The summed E-state index contributed by atoms with van der Waals surface area (Å²) in [5.74, 6) is 0.236. The molecule has 5 rings (SSSR count). The predicted molar refractivity (Wildman–Crippen MR) is 135 cm³/mol. The molecule has 0 radical (unpaired) electrons. The summed E-state index contributed by atoms with van der Waals surface area (Å²) in [5.41, 5.74) is 1.86. The lowest BCUT2D eigenvalue weighted by molar-refractivity contribution is -0.157. The first-order chi connectivity index (χ1) is 17.7. The van der Waals surface area contributed by atoms with Gasteiger partial charge in [0.2, 0.25) is 6.29 Å². The maximum Gasteiger partial charge on any atom is 0.288 e. The minimum Gasteiger partial charge on any atom is -0.464 e. The lowest BCUT2D eigenvalue weighted by atomic mass is 9.92. The Kier molecular flexibility index (Phi) is 8.59. The maximum atomic E-state index is 13.6. The van der Waals surface area contributed by atoms with Gasteiger partial charge >= 0.3 is 0 Å². The second kappa shape index (κ2) is 12.2. The van der Waals surface area contributed by atoms with Crippen molar-refractivity contribution >= 4 is 16.9 Å². The van der Waals surface area contributed by atoms with Crippen molar-refractivity contribution in [2.45, 2.75) is 56.8 Å². The highest BCUT2D eigenvalue weighted by Gasteiger charge is 2.34. The summed E-state index contributed by atoms with van der Waals surface area (Å²) in [5, 5.41) is 9.94. The molecule has 0 bridgehead atoms. The maximum absolute atomic E-state index is 13.6. The van der Waals surface area contributed by atoms with Crippen LogP contribution in [0.2, 0.25) is 0 Å². The Morgan fingerprint density at radius 2 is 1.83 bits per heavy atom. The van der Waals surface area contributed by atoms with E-state index < -0.39 is 6.29 Å². The van der Waals surface area contributed by atoms with Gasteiger partial charge in [0.1, 0.15) is 5.58 Å². The number of hydrogen-bond donors (Lipinski definition) is 1. The average Bonchev–Trinajstić information content (AvgIpc) is 3.37. The fourth-order valence-corrected chi connectivity index (χ4v) is 5.69. The lowest BCUT2D eigenvalue weighted by Gasteiger charge is -2.40. The van der Waals surface area contributed by atoms with Crippen molar-refractivity contribution in [2.75, 3.05) is 52.6 Å². The van der Waals surface area contributed by atoms with Crippen LogP contribution in [0.5, 0.6) is 0 Å². The molecule has 1 aromatic heterocycles. The SMILES string of the molecule is O=C(C1=C[C@H](c2coc3ccccc23)C[C@H](OCCOCCO)O1)N1CCC(N2CCCCC2)CC1. The standard InChI is InChI=1S/C28H38N2O6/c31-14-15-33-16-17-34-27-19-21(24-20-35-25-7-3-2-6-23(24)25)18-26(36-27)28(32)30-12-8-22(9-13-30)29-10-4-1-5-11-29/h2-3,6-7,18,20-22,27,31H,1,4-5,8-17,19H2/t21-,27+/m0/s1. The van der Waals surface area contributed by atoms with Crippen LogP contribution >= 0.6 is 0 Å². The third-order valence-electron chi connectivity index (χ3n) is 7.60. The van der Waals surface area contributed by atoms with Gasteiger partial charge in [-0.2, -0.15) is 0 Å². The molecule has 1 amide bonds. The zero-order valence-corrected chi connectivity index (χ0v) is 21.0. The van der Waals surface area contributed by atoms with E-state index in [1.54, 1.807) is 6.26 Å². The van der Waals surface area contributed by atoms with Crippen LogP contribution < -0.4 is 0 Å². The van der Waals surface area contributed by atoms with Crippen LogP contribution in [0.3, 0.4) is 0 Å². The largest absolute Gasteiger partial charge is 0.464 e. The summed E-state index contributed by atoms with van der Waals surface area (Å²) in [7, 11) is 0. The fraction of sp³-hybridized carbons (Fsp3) is 0.607. The molecule has 4 heterocycles. The van der Waals surface area contributed by atoms with Gasteiger partial charge in [-0.3, -0.25) is 4.79 Å². The molecule has 2 fully saturated rings. The number of fused-ring (bicyclic) bond motifs is 1. The summed E-state index contributed by atoms with van der Waals surface area (Å²) in [4.78, 5) is 18.1. The van der Waals surface area contributed by atoms with Crippen LogP contribution in [-0.2, 0) is 19.0 Å². The lowest BCUT2D eigenvalue weighted by Crippen LogP contribution is -2.49. The van der Waals surface area contributed by atoms with Crippen molar-refractivity contribution in [1.29, 1.82) is 0 Å². The van der Waals surface area contributed by atoms with Crippen molar-refractivity contribution in [3.05, 3.63) is 47.9 Å². The quantitative estimate of drug-likeness (QED) is 0.529. The summed E-state index contributed by atoms with van der Waals surface area (Å²) < 4.78 is 23.2. The van der Waals surface area contributed by atoms with Gasteiger partial charge in [-0.25, -0.2) is 0 Å². The van der Waals surface area contributed by atoms with Crippen molar-refractivity contribution in [1.82, 2.24) is 9.80 Å². The Bertz CT molecular complexity index is 1020. The van der Waals surface area contributed by atoms with Crippen LogP contribution in [0.15, 0.2) is 46.8 Å². The number of likely N-dealkylation sites (tertiary alicyclic amines) is 2. The second-order valence-electron chi connectivity index (χ2n) is 9.93. The molecule has 1 aromatic carbocycles.